The molecule has 0 aliphatic rings. The summed E-state index contributed by atoms with van der Waals surface area (Å²) >= 11 is 0. The molecule has 2 unspecified atom stereocenters. The van der Waals surface area contributed by atoms with Crippen molar-refractivity contribution in [3.63, 3.8) is 0 Å². The molecule has 0 fully saturated rings. The summed E-state index contributed by atoms with van der Waals surface area (Å²) in [6.45, 7) is -0.327. The maximum atomic E-state index is 13.1. The molecule has 0 aliphatic carbocycles. The van der Waals surface area contributed by atoms with E-state index in [0.29, 0.717) is 0 Å². The Kier molecular flexibility index (Phi) is 7.35. The summed E-state index contributed by atoms with van der Waals surface area (Å²) in [5, 5.41) is 0. The van der Waals surface area contributed by atoms with Gasteiger partial charge in [0.1, 0.15) is 0 Å². The van der Waals surface area contributed by atoms with E-state index in [1.54, 1.807) is 0 Å². The highest BCUT2D eigenvalue weighted by atomic mass is 28.4. The monoisotopic (exact) mass is 492 g/mol. The van der Waals surface area contributed by atoms with Crippen LogP contribution in [0.3, 0.4) is 0 Å². The molecule has 2 nitrogen and oxygen atoms in total. The molecule has 29 heavy (non-hydrogen) atoms. The molecule has 0 spiro atoms. The smallest absolute Gasteiger partial charge is 0.377 e. The van der Waals surface area contributed by atoms with E-state index in [9.17, 15) is 70.2 Å². The summed E-state index contributed by atoms with van der Waals surface area (Å²) < 4.78 is 207. The second kappa shape index (κ2) is 7.61. The second-order valence-electron chi connectivity index (χ2n) is 5.72. The maximum Gasteiger partial charge on any atom is 0.456 e. The molecule has 0 rings (SSSR count). The van der Waals surface area contributed by atoms with Crippen LogP contribution in [0.1, 0.15) is 0 Å². The number of rotatable bonds is 6. The first kappa shape index (κ1) is 28.0. The van der Waals surface area contributed by atoms with Gasteiger partial charge in [-0.15, -0.1) is 0 Å². The zero-order valence-corrected chi connectivity index (χ0v) is 14.5. The van der Waals surface area contributed by atoms with Crippen molar-refractivity contribution in [1.82, 2.24) is 0 Å². The van der Waals surface area contributed by atoms with Crippen LogP contribution in [0.4, 0.5) is 70.2 Å². The number of hydrogen-bond donors (Lipinski definition) is 0. The van der Waals surface area contributed by atoms with Crippen LogP contribution in [-0.4, -0.2) is 57.3 Å². The fraction of sp³-hybridized carbons (Fsp3) is 1.00. The Morgan fingerprint density at radius 3 is 0.828 bits per heavy atom. The van der Waals surface area contributed by atoms with Crippen molar-refractivity contribution in [2.45, 2.75) is 61.9 Å². The highest BCUT2D eigenvalue weighted by Crippen LogP contribution is 2.48. The molecule has 176 valence electrons. The first-order valence-electron chi connectivity index (χ1n) is 6.56. The van der Waals surface area contributed by atoms with E-state index in [-0.39, 0.29) is 13.1 Å². The topological polar surface area (TPSA) is 18.5 Å². The summed E-state index contributed by atoms with van der Waals surface area (Å²) in [6.07, 6.45) is -37.7. The fourth-order valence-electron chi connectivity index (χ4n) is 1.59. The zero-order valence-electron chi connectivity index (χ0n) is 13.5. The zero-order chi connectivity index (χ0) is 24.1. The average Bonchev–Trinajstić information content (AvgIpc) is 2.37. The summed E-state index contributed by atoms with van der Waals surface area (Å²) in [5.74, 6) is -13.6. The predicted octanol–water partition coefficient (Wildman–Crippen LogP) is 5.98. The fourth-order valence-corrected chi connectivity index (χ4v) is 3.34. The second-order valence-corrected chi connectivity index (χ2v) is 8.99. The van der Waals surface area contributed by atoms with Gasteiger partial charge in [-0.1, -0.05) is 0 Å². The number of hydrogen-bond acceptors (Lipinski definition) is 2. The van der Waals surface area contributed by atoms with Crippen molar-refractivity contribution < 1.29 is 79.1 Å². The highest BCUT2D eigenvalue weighted by molar-refractivity contribution is 6.64. The summed E-state index contributed by atoms with van der Waals surface area (Å²) in [5.41, 5.74) is 0. The van der Waals surface area contributed by atoms with Gasteiger partial charge in [-0.05, 0) is 13.1 Å². The molecule has 0 aromatic heterocycles. The minimum atomic E-state index is -6.98. The summed E-state index contributed by atoms with van der Waals surface area (Å²) in [7, 11) is -5.83. The third-order valence-electron chi connectivity index (χ3n) is 2.81. The van der Waals surface area contributed by atoms with Crippen LogP contribution in [0.25, 0.3) is 0 Å². The first-order chi connectivity index (χ1) is 12.2. The van der Waals surface area contributed by atoms with E-state index in [1.165, 1.54) is 0 Å². The molecule has 0 heterocycles. The van der Waals surface area contributed by atoms with Gasteiger partial charge in [0.15, 0.2) is 0 Å². The lowest BCUT2D eigenvalue weighted by atomic mass is 10.2. The highest BCUT2D eigenvalue weighted by Gasteiger charge is 2.74. The molecule has 0 bridgehead atoms. The summed E-state index contributed by atoms with van der Waals surface area (Å²) in [4.78, 5) is 0. The van der Waals surface area contributed by atoms with Gasteiger partial charge in [-0.2, -0.15) is 70.2 Å². The van der Waals surface area contributed by atoms with Crippen molar-refractivity contribution in [2.24, 2.45) is 0 Å². The minimum Gasteiger partial charge on any atom is -0.377 e. The van der Waals surface area contributed by atoms with Gasteiger partial charge in [-0.25, -0.2) is 0 Å². The molecule has 0 aromatic rings. The average molecular weight is 492 g/mol. The van der Waals surface area contributed by atoms with E-state index >= 15 is 0 Å². The molecular weight excluding hydrogens is 484 g/mol. The van der Waals surface area contributed by atoms with Crippen molar-refractivity contribution in [3.8, 4) is 0 Å². The summed E-state index contributed by atoms with van der Waals surface area (Å²) in [6, 6.07) is 0. The quantitative estimate of drug-likeness (QED) is 0.336. The molecule has 0 amide bonds. The van der Waals surface area contributed by atoms with E-state index in [0.717, 1.165) is 0 Å². The normalized spacial score (nSPS) is 18.0. The maximum absolute atomic E-state index is 13.1. The van der Waals surface area contributed by atoms with Crippen LogP contribution in [0.15, 0.2) is 0 Å². The van der Waals surface area contributed by atoms with Gasteiger partial charge in [0.05, 0.1) is 0 Å². The predicted molar refractivity (Wildman–Crippen MR) is 61.3 cm³/mol. The van der Waals surface area contributed by atoms with Gasteiger partial charge in [0.25, 0.3) is 0 Å². The van der Waals surface area contributed by atoms with Crippen LogP contribution in [0.2, 0.25) is 13.1 Å². The third-order valence-corrected chi connectivity index (χ3v) is 4.42. The molecule has 0 aliphatic heterocycles. The van der Waals surface area contributed by atoms with Crippen LogP contribution in [-0.2, 0) is 8.85 Å². The Balaban J connectivity index is 6.14. The van der Waals surface area contributed by atoms with E-state index in [4.69, 9.17) is 0 Å². The van der Waals surface area contributed by atoms with Crippen LogP contribution >= 0.6 is 0 Å². The van der Waals surface area contributed by atoms with Gasteiger partial charge in [0.2, 0.25) is 12.2 Å². The van der Waals surface area contributed by atoms with Crippen LogP contribution < -0.4 is 0 Å². The van der Waals surface area contributed by atoms with E-state index < -0.39 is 57.3 Å². The Bertz CT molecular complexity index is 508. The Labute approximate surface area is 151 Å². The molecule has 0 aromatic carbocycles. The standard InChI is InChI=1S/C10H8F16O2Si/c1-29(2,27-3(7(15,16)17)5(11,12)9(21,22)23)28-4(8(18,19)20)6(13,14)10(24,25)26/h3-4H,1-2H3. The van der Waals surface area contributed by atoms with Crippen LogP contribution in [0.5, 0.6) is 0 Å². The Hall–Kier alpha value is -0.983. The SMILES string of the molecule is C[Si](C)(OC(C(F)(F)F)C(F)(F)C(F)(F)F)OC(C(F)(F)F)C(F)(F)C(F)(F)F. The van der Waals surface area contributed by atoms with E-state index in [2.05, 4.69) is 8.85 Å². The molecule has 19 heteroatoms. The molecule has 0 N–H and O–H groups in total. The molecule has 0 saturated carbocycles. The lowest BCUT2D eigenvalue weighted by molar-refractivity contribution is -0.367. The first-order valence-corrected chi connectivity index (χ1v) is 9.37. The Morgan fingerprint density at radius 1 is 0.483 bits per heavy atom. The van der Waals surface area contributed by atoms with Gasteiger partial charge < -0.3 is 8.85 Å². The molecule has 0 saturated heterocycles. The Morgan fingerprint density at radius 2 is 0.690 bits per heavy atom. The third kappa shape index (κ3) is 6.50. The number of alkyl halides is 16. The molecular formula is C10H8F16O2Si. The van der Waals surface area contributed by atoms with Crippen molar-refractivity contribution in [1.29, 1.82) is 0 Å². The largest absolute Gasteiger partial charge is 0.456 e. The lowest BCUT2D eigenvalue weighted by Crippen LogP contribution is -2.63. The molecule has 0 radical (unpaired) electrons. The van der Waals surface area contributed by atoms with Crippen LogP contribution in [0, 0.1) is 0 Å². The van der Waals surface area contributed by atoms with Crippen molar-refractivity contribution >= 4 is 8.56 Å². The van der Waals surface area contributed by atoms with Crippen molar-refractivity contribution in [2.75, 3.05) is 0 Å². The van der Waals surface area contributed by atoms with Gasteiger partial charge >= 0.3 is 45.1 Å². The number of halogens is 16. The molecule has 2 atom stereocenters. The minimum absolute atomic E-state index is 0.163. The van der Waals surface area contributed by atoms with Gasteiger partial charge in [-0.3, -0.25) is 0 Å². The van der Waals surface area contributed by atoms with Gasteiger partial charge in [0, 0.05) is 0 Å². The van der Waals surface area contributed by atoms with E-state index in [1.807, 2.05) is 0 Å². The van der Waals surface area contributed by atoms with Crippen molar-refractivity contribution in [3.05, 3.63) is 0 Å². The lowest BCUT2D eigenvalue weighted by Gasteiger charge is -2.38.